The Morgan fingerprint density at radius 1 is 0.976 bits per heavy atom. The van der Waals surface area contributed by atoms with Gasteiger partial charge >= 0.3 is 5.97 Å². The number of phenolic OH excluding ortho intramolecular Hbond substituents is 1. The summed E-state index contributed by atoms with van der Waals surface area (Å²) in [5.41, 5.74) is 0.962. The molecule has 0 aromatic heterocycles. The van der Waals surface area contributed by atoms with E-state index in [-0.39, 0.29) is 32.7 Å². The monoisotopic (exact) mass is 639 g/mol. The number of rotatable bonds is 13. The lowest BCUT2D eigenvalue weighted by Gasteiger charge is -2.20. The molecule has 0 bridgehead atoms. The van der Waals surface area contributed by atoms with Gasteiger partial charge in [-0.25, -0.2) is 13.2 Å². The number of carboxylic acids is 1. The van der Waals surface area contributed by atoms with E-state index in [9.17, 15) is 32.8 Å². The van der Waals surface area contributed by atoms with Crippen molar-refractivity contribution in [3.63, 3.8) is 0 Å². The maximum atomic E-state index is 13.9. The number of aryl methyl sites for hydroxylation is 1. The van der Waals surface area contributed by atoms with Gasteiger partial charge in [-0.3, -0.25) is 4.79 Å². The molecule has 1 unspecified atom stereocenters. The Kier molecular flexibility index (Phi) is 11.1. The summed E-state index contributed by atoms with van der Waals surface area (Å²) in [6.07, 6.45) is 3.65. The lowest BCUT2D eigenvalue weighted by molar-refractivity contribution is -0.139. The summed E-state index contributed by atoms with van der Waals surface area (Å²) in [6.45, 7) is 2.01. The van der Waals surface area contributed by atoms with Gasteiger partial charge in [-0.05, 0) is 60.4 Å². The van der Waals surface area contributed by atoms with Crippen LogP contribution in [0.15, 0.2) is 65.6 Å². The van der Waals surface area contributed by atoms with Crippen molar-refractivity contribution in [2.45, 2.75) is 43.5 Å². The van der Waals surface area contributed by atoms with Gasteiger partial charge < -0.3 is 20.1 Å². The molecule has 3 rings (SSSR count). The molecule has 3 aromatic carbocycles. The van der Waals surface area contributed by atoms with Gasteiger partial charge in [0.25, 0.3) is 5.91 Å². The molecular weight excluding hydrogens is 608 g/mol. The molecule has 220 valence electrons. The zero-order chi connectivity index (χ0) is 30.4. The van der Waals surface area contributed by atoms with Gasteiger partial charge in [-0.15, -0.1) is 0 Å². The normalized spacial score (nSPS) is 13.8. The lowest BCUT2D eigenvalue weighted by Crippen LogP contribution is -2.42. The van der Waals surface area contributed by atoms with Crippen LogP contribution < -0.4 is 10.6 Å². The third kappa shape index (κ3) is 8.82. The Hall–Kier alpha value is -2.84. The zero-order valence-corrected chi connectivity index (χ0v) is 25.9. The largest absolute Gasteiger partial charge is 0.508 e. The Morgan fingerprint density at radius 3 is 2.22 bits per heavy atom. The number of nitrogens with one attached hydrogen (secondary N) is 1. The third-order valence-electron chi connectivity index (χ3n) is 6.63. The number of amides is 1. The molecule has 12 heteroatoms. The predicted octanol–water partition coefficient (Wildman–Crippen LogP) is 5.56. The number of phenols is 1. The number of aliphatic carboxylic acids is 1. The molecule has 3 aromatic rings. The van der Waals surface area contributed by atoms with Crippen LogP contribution in [-0.4, -0.2) is 55.1 Å². The van der Waals surface area contributed by atoms with Crippen LogP contribution in [0.3, 0.4) is 0 Å². The van der Waals surface area contributed by atoms with E-state index in [4.69, 9.17) is 23.2 Å². The van der Waals surface area contributed by atoms with E-state index >= 15 is 0 Å². The average molecular weight is 641 g/mol. The second-order valence-corrected chi connectivity index (χ2v) is 15.9. The van der Waals surface area contributed by atoms with E-state index in [1.165, 1.54) is 30.3 Å². The van der Waals surface area contributed by atoms with Crippen molar-refractivity contribution in [1.82, 2.24) is 5.32 Å². The molecule has 0 heterocycles. The van der Waals surface area contributed by atoms with Gasteiger partial charge in [0.1, 0.15) is 18.9 Å². The summed E-state index contributed by atoms with van der Waals surface area (Å²) in [4.78, 5) is 25.0. The van der Waals surface area contributed by atoms with Gasteiger partial charge in [0.2, 0.25) is 0 Å². The van der Waals surface area contributed by atoms with Crippen LogP contribution in [0.4, 0.5) is 0 Å². The average Bonchev–Trinajstić information content (AvgIpc) is 2.89. The summed E-state index contributed by atoms with van der Waals surface area (Å²) in [7, 11) is -6.35. The standard InChI is InChI=1S/C29H32Cl2NO7PS/c1-3-4-12-40(37,22-9-6-8-21(33)18-22)13-11-20-15-24(30)27(25(31)16-20)28(34)32-26(29(35)36)17-19-7-5-10-23(14-19)41(2,38)39/h5-10,14-16,18,26,33H,3-4,11-13,17H2,1-2H3,(H,32,34)(H,35,36)/t26-,40?/m0/s1. The van der Waals surface area contributed by atoms with Gasteiger partial charge in [-0.2, -0.15) is 0 Å². The smallest absolute Gasteiger partial charge is 0.326 e. The summed E-state index contributed by atoms with van der Waals surface area (Å²) >= 11 is 12.9. The molecular formula is C29H32Cl2NO7PS. The van der Waals surface area contributed by atoms with Crippen LogP contribution in [0.5, 0.6) is 5.75 Å². The van der Waals surface area contributed by atoms with Gasteiger partial charge in [0, 0.05) is 30.3 Å². The number of carbonyl (C=O) groups excluding carboxylic acids is 1. The van der Waals surface area contributed by atoms with Crippen LogP contribution in [0.1, 0.15) is 41.3 Å². The van der Waals surface area contributed by atoms with Crippen LogP contribution in [-0.2, 0) is 32.0 Å². The van der Waals surface area contributed by atoms with Crippen molar-refractivity contribution in [1.29, 1.82) is 0 Å². The van der Waals surface area contributed by atoms with Crippen molar-refractivity contribution in [3.05, 3.63) is 87.4 Å². The quantitative estimate of drug-likeness (QED) is 0.208. The number of benzene rings is 3. The highest BCUT2D eigenvalue weighted by atomic mass is 35.5. The topological polar surface area (TPSA) is 138 Å². The number of hydrogen-bond acceptors (Lipinski definition) is 6. The number of unbranched alkanes of at least 4 members (excludes halogenated alkanes) is 1. The molecule has 1 amide bonds. The second-order valence-electron chi connectivity index (χ2n) is 9.88. The molecule has 0 saturated carbocycles. The lowest BCUT2D eigenvalue weighted by atomic mass is 10.0. The SMILES string of the molecule is CCCCP(=O)(CCc1cc(Cl)c(C(=O)N[C@@H](Cc2cccc(S(C)(=O)=O)c2)C(=O)O)c(Cl)c1)c1cccc(O)c1. The van der Waals surface area contributed by atoms with Crippen LogP contribution in [0.25, 0.3) is 0 Å². The third-order valence-corrected chi connectivity index (χ3v) is 11.5. The van der Waals surface area contributed by atoms with Gasteiger partial charge in [0.15, 0.2) is 9.84 Å². The first-order valence-corrected chi connectivity index (χ1v) is 17.6. The first kappa shape index (κ1) is 32.7. The molecule has 41 heavy (non-hydrogen) atoms. The molecule has 0 radical (unpaired) electrons. The molecule has 8 nitrogen and oxygen atoms in total. The predicted molar refractivity (Wildman–Crippen MR) is 162 cm³/mol. The maximum Gasteiger partial charge on any atom is 0.326 e. The van der Waals surface area contributed by atoms with Crippen LogP contribution >= 0.6 is 30.3 Å². The minimum absolute atomic E-state index is 0.00829. The van der Waals surface area contributed by atoms with E-state index in [2.05, 4.69) is 5.32 Å². The number of sulfone groups is 1. The fourth-order valence-corrected chi connectivity index (χ4v) is 8.70. The molecule has 3 N–H and O–H groups in total. The summed E-state index contributed by atoms with van der Waals surface area (Å²) in [6, 6.07) is 14.0. The molecule has 0 aliphatic carbocycles. The van der Waals surface area contributed by atoms with E-state index in [0.29, 0.717) is 35.2 Å². The highest BCUT2D eigenvalue weighted by molar-refractivity contribution is 7.90. The molecule has 0 aliphatic heterocycles. The zero-order valence-electron chi connectivity index (χ0n) is 22.6. The molecule has 0 saturated heterocycles. The summed E-state index contributed by atoms with van der Waals surface area (Å²) < 4.78 is 37.7. The Morgan fingerprint density at radius 2 is 1.63 bits per heavy atom. The highest BCUT2D eigenvalue weighted by Gasteiger charge is 2.27. The van der Waals surface area contributed by atoms with E-state index < -0.39 is 34.9 Å². The van der Waals surface area contributed by atoms with Gasteiger partial charge in [0.05, 0.1) is 20.5 Å². The fraction of sp³-hybridized carbons (Fsp3) is 0.310. The van der Waals surface area contributed by atoms with E-state index in [1.54, 1.807) is 30.3 Å². The number of carbonyl (C=O) groups is 2. The van der Waals surface area contributed by atoms with Crippen LogP contribution in [0.2, 0.25) is 10.0 Å². The highest BCUT2D eigenvalue weighted by Crippen LogP contribution is 2.46. The number of hydrogen-bond donors (Lipinski definition) is 3. The first-order valence-electron chi connectivity index (χ1n) is 12.9. The molecule has 2 atom stereocenters. The summed E-state index contributed by atoms with van der Waals surface area (Å²) in [5, 5.41) is 22.7. The van der Waals surface area contributed by atoms with Crippen molar-refractivity contribution in [2.24, 2.45) is 0 Å². The van der Waals surface area contributed by atoms with Crippen molar-refractivity contribution >= 4 is 57.4 Å². The fourth-order valence-electron chi connectivity index (χ4n) is 4.40. The van der Waals surface area contributed by atoms with Gasteiger partial charge in [-0.1, -0.05) is 60.8 Å². The van der Waals surface area contributed by atoms with Crippen LogP contribution in [0, 0.1) is 0 Å². The minimum Gasteiger partial charge on any atom is -0.508 e. The molecule has 0 aliphatic rings. The maximum absolute atomic E-state index is 13.9. The summed E-state index contributed by atoms with van der Waals surface area (Å²) in [5.74, 6) is -2.07. The minimum atomic E-state index is -3.50. The van der Waals surface area contributed by atoms with Crippen molar-refractivity contribution in [3.8, 4) is 5.75 Å². The Bertz CT molecular complexity index is 1570. The molecule has 0 fully saturated rings. The van der Waals surface area contributed by atoms with E-state index in [0.717, 1.165) is 19.1 Å². The molecule has 0 spiro atoms. The number of carboxylic acid groups (broad SMARTS) is 1. The first-order chi connectivity index (χ1) is 19.2. The van der Waals surface area contributed by atoms with Crippen molar-refractivity contribution in [2.75, 3.05) is 18.6 Å². The Labute approximate surface area is 250 Å². The Balaban J connectivity index is 1.79. The van der Waals surface area contributed by atoms with Crippen molar-refractivity contribution < 1.29 is 32.8 Å². The second kappa shape index (κ2) is 13.9. The number of aromatic hydroxyl groups is 1. The van der Waals surface area contributed by atoms with E-state index in [1.807, 2.05) is 6.92 Å². The number of halogens is 2.